The molecule has 4 rings (SSSR count). The highest BCUT2D eigenvalue weighted by Crippen LogP contribution is 2.53. The highest BCUT2D eigenvalue weighted by Gasteiger charge is 2.50. The van der Waals surface area contributed by atoms with Gasteiger partial charge in [0.05, 0.1) is 0 Å². The molecular formula is C17H16O5. The Balaban J connectivity index is 1.97. The van der Waals surface area contributed by atoms with E-state index in [1.165, 1.54) is 12.1 Å². The normalized spacial score (nSPS) is 25.1. The van der Waals surface area contributed by atoms with Crippen molar-refractivity contribution >= 4 is 0 Å². The Labute approximate surface area is 127 Å². The van der Waals surface area contributed by atoms with E-state index in [9.17, 15) is 20.4 Å². The van der Waals surface area contributed by atoms with Crippen molar-refractivity contribution < 1.29 is 25.2 Å². The lowest BCUT2D eigenvalue weighted by molar-refractivity contribution is -0.0221. The van der Waals surface area contributed by atoms with Crippen molar-refractivity contribution in [3.8, 4) is 23.0 Å². The molecule has 2 aromatic carbocycles. The SMILES string of the molecule is Cc1c(O)ccc2c1OCC1(O)Cc3cc(O)c(O)cc3C21. The fourth-order valence-corrected chi connectivity index (χ4v) is 3.69. The molecule has 5 nitrogen and oxygen atoms in total. The van der Waals surface area contributed by atoms with Crippen molar-refractivity contribution in [2.75, 3.05) is 6.61 Å². The van der Waals surface area contributed by atoms with Crippen LogP contribution in [0.15, 0.2) is 24.3 Å². The Morgan fingerprint density at radius 3 is 2.55 bits per heavy atom. The first-order chi connectivity index (χ1) is 10.4. The molecule has 1 aliphatic carbocycles. The van der Waals surface area contributed by atoms with E-state index in [2.05, 4.69) is 0 Å². The third-order valence-electron chi connectivity index (χ3n) is 4.77. The molecule has 0 spiro atoms. The molecule has 0 fully saturated rings. The molecular weight excluding hydrogens is 284 g/mol. The van der Waals surface area contributed by atoms with E-state index in [1.807, 2.05) is 0 Å². The van der Waals surface area contributed by atoms with Gasteiger partial charge in [0.15, 0.2) is 11.5 Å². The van der Waals surface area contributed by atoms with Gasteiger partial charge in [-0.25, -0.2) is 0 Å². The van der Waals surface area contributed by atoms with E-state index in [1.54, 1.807) is 19.1 Å². The van der Waals surface area contributed by atoms with Gasteiger partial charge in [-0.3, -0.25) is 0 Å². The van der Waals surface area contributed by atoms with Crippen LogP contribution in [0.25, 0.3) is 0 Å². The molecule has 2 aromatic rings. The second kappa shape index (κ2) is 4.08. The Morgan fingerprint density at radius 1 is 1.05 bits per heavy atom. The van der Waals surface area contributed by atoms with Gasteiger partial charge >= 0.3 is 0 Å². The molecule has 0 saturated heterocycles. The van der Waals surface area contributed by atoms with Crippen LogP contribution in [0.1, 0.15) is 28.2 Å². The number of phenolic OH excluding ortho intramolecular Hbond substituents is 3. The summed E-state index contributed by atoms with van der Waals surface area (Å²) in [6.07, 6.45) is 0.347. The fourth-order valence-electron chi connectivity index (χ4n) is 3.69. The first-order valence-corrected chi connectivity index (χ1v) is 7.13. The topological polar surface area (TPSA) is 90.2 Å². The molecule has 1 heterocycles. The number of benzene rings is 2. The van der Waals surface area contributed by atoms with Crippen LogP contribution < -0.4 is 4.74 Å². The summed E-state index contributed by atoms with van der Waals surface area (Å²) < 4.78 is 5.71. The summed E-state index contributed by atoms with van der Waals surface area (Å²) in [7, 11) is 0. The van der Waals surface area contributed by atoms with Crippen LogP contribution in [0, 0.1) is 6.92 Å². The summed E-state index contributed by atoms with van der Waals surface area (Å²) in [5, 5.41) is 40.3. The number of phenols is 3. The van der Waals surface area contributed by atoms with Crippen LogP contribution in [-0.4, -0.2) is 32.6 Å². The Hall–Kier alpha value is -2.40. The van der Waals surface area contributed by atoms with E-state index in [4.69, 9.17) is 4.74 Å². The molecule has 1 aliphatic heterocycles. The highest BCUT2D eigenvalue weighted by molar-refractivity contribution is 5.60. The number of aromatic hydroxyl groups is 3. The lowest BCUT2D eigenvalue weighted by atomic mass is 9.80. The van der Waals surface area contributed by atoms with Gasteiger partial charge in [0, 0.05) is 23.5 Å². The quantitative estimate of drug-likeness (QED) is 0.558. The molecule has 0 aromatic heterocycles. The molecule has 0 radical (unpaired) electrons. The van der Waals surface area contributed by atoms with Crippen LogP contribution in [0.2, 0.25) is 0 Å². The fraction of sp³-hybridized carbons (Fsp3) is 0.294. The molecule has 4 N–H and O–H groups in total. The maximum atomic E-state index is 11.0. The second-order valence-electron chi connectivity index (χ2n) is 6.17. The zero-order valence-electron chi connectivity index (χ0n) is 12.0. The average molecular weight is 300 g/mol. The van der Waals surface area contributed by atoms with E-state index >= 15 is 0 Å². The highest BCUT2D eigenvalue weighted by atomic mass is 16.5. The number of hydrogen-bond acceptors (Lipinski definition) is 5. The molecule has 2 atom stereocenters. The Morgan fingerprint density at radius 2 is 1.77 bits per heavy atom. The van der Waals surface area contributed by atoms with E-state index < -0.39 is 5.60 Å². The lowest BCUT2D eigenvalue weighted by Crippen LogP contribution is -2.44. The first-order valence-electron chi connectivity index (χ1n) is 7.13. The van der Waals surface area contributed by atoms with Gasteiger partial charge in [0.2, 0.25) is 0 Å². The van der Waals surface area contributed by atoms with Gasteiger partial charge in [0.25, 0.3) is 0 Å². The zero-order valence-corrected chi connectivity index (χ0v) is 12.0. The van der Waals surface area contributed by atoms with Crippen molar-refractivity contribution in [2.45, 2.75) is 24.9 Å². The molecule has 0 bridgehead atoms. The number of fused-ring (bicyclic) bond motifs is 5. The lowest BCUT2D eigenvalue weighted by Gasteiger charge is -2.37. The van der Waals surface area contributed by atoms with Crippen LogP contribution >= 0.6 is 0 Å². The van der Waals surface area contributed by atoms with Crippen molar-refractivity contribution in [3.63, 3.8) is 0 Å². The molecule has 2 unspecified atom stereocenters. The van der Waals surface area contributed by atoms with Gasteiger partial charge in [-0.2, -0.15) is 0 Å². The average Bonchev–Trinajstić information content (AvgIpc) is 2.75. The van der Waals surface area contributed by atoms with Gasteiger partial charge in [-0.05, 0) is 36.2 Å². The molecule has 2 aliphatic rings. The van der Waals surface area contributed by atoms with Crippen molar-refractivity contribution in [1.82, 2.24) is 0 Å². The summed E-state index contributed by atoms with van der Waals surface area (Å²) in [5.41, 5.74) is 1.89. The molecule has 0 amide bonds. The Bertz CT molecular complexity index is 798. The van der Waals surface area contributed by atoms with Crippen LogP contribution in [0.3, 0.4) is 0 Å². The molecule has 5 heteroatoms. The van der Waals surface area contributed by atoms with E-state index in [0.29, 0.717) is 17.7 Å². The van der Waals surface area contributed by atoms with E-state index in [0.717, 1.165) is 16.7 Å². The third-order valence-corrected chi connectivity index (χ3v) is 4.77. The number of aliphatic hydroxyl groups is 1. The molecule has 114 valence electrons. The minimum atomic E-state index is -1.11. The van der Waals surface area contributed by atoms with Crippen LogP contribution in [-0.2, 0) is 6.42 Å². The minimum absolute atomic E-state index is 0.102. The van der Waals surface area contributed by atoms with E-state index in [-0.39, 0.29) is 29.8 Å². The Kier molecular flexibility index (Phi) is 2.46. The second-order valence-corrected chi connectivity index (χ2v) is 6.17. The predicted molar refractivity (Wildman–Crippen MR) is 78.6 cm³/mol. The number of ether oxygens (including phenoxy) is 1. The predicted octanol–water partition coefficient (Wildman–Crippen LogP) is 1.92. The molecule has 22 heavy (non-hydrogen) atoms. The summed E-state index contributed by atoms with van der Waals surface area (Å²) in [6, 6.07) is 6.32. The number of rotatable bonds is 0. The largest absolute Gasteiger partial charge is 0.508 e. The van der Waals surface area contributed by atoms with Gasteiger partial charge in [-0.1, -0.05) is 6.07 Å². The van der Waals surface area contributed by atoms with Crippen LogP contribution in [0.4, 0.5) is 0 Å². The van der Waals surface area contributed by atoms with Gasteiger partial charge in [0.1, 0.15) is 23.7 Å². The third kappa shape index (κ3) is 1.57. The van der Waals surface area contributed by atoms with Crippen molar-refractivity contribution in [3.05, 3.63) is 46.5 Å². The summed E-state index contributed by atoms with van der Waals surface area (Å²) in [4.78, 5) is 0. The molecule has 0 saturated carbocycles. The zero-order chi connectivity index (χ0) is 15.6. The smallest absolute Gasteiger partial charge is 0.157 e. The first kappa shape index (κ1) is 13.3. The maximum Gasteiger partial charge on any atom is 0.157 e. The minimum Gasteiger partial charge on any atom is -0.508 e. The summed E-state index contributed by atoms with van der Waals surface area (Å²) in [6.45, 7) is 1.87. The van der Waals surface area contributed by atoms with Gasteiger partial charge in [-0.15, -0.1) is 0 Å². The standard InChI is InChI=1S/C17H16O5/c1-8-12(18)3-2-10-15-11-5-14(20)13(19)4-9(11)6-17(15,21)7-22-16(8)10/h2-5,15,18-21H,6-7H2,1H3. The monoisotopic (exact) mass is 300 g/mol. The maximum absolute atomic E-state index is 11.0. The van der Waals surface area contributed by atoms with Crippen LogP contribution in [0.5, 0.6) is 23.0 Å². The van der Waals surface area contributed by atoms with Crippen molar-refractivity contribution in [2.24, 2.45) is 0 Å². The van der Waals surface area contributed by atoms with Gasteiger partial charge < -0.3 is 25.2 Å². The summed E-state index contributed by atoms with van der Waals surface area (Å²) in [5.74, 6) is -0.0151. The number of hydrogen-bond donors (Lipinski definition) is 4. The van der Waals surface area contributed by atoms with Crippen molar-refractivity contribution in [1.29, 1.82) is 0 Å². The summed E-state index contributed by atoms with van der Waals surface area (Å²) >= 11 is 0.